The van der Waals surface area contributed by atoms with Gasteiger partial charge in [0.1, 0.15) is 21.2 Å². The van der Waals surface area contributed by atoms with E-state index in [-0.39, 0.29) is 22.1 Å². The van der Waals surface area contributed by atoms with E-state index in [0.29, 0.717) is 21.7 Å². The average Bonchev–Trinajstić information content (AvgIpc) is 3.82. The molecule has 10 heteroatoms. The number of fused-ring (bicyclic) bond motifs is 5. The second kappa shape index (κ2) is 13.7. The highest BCUT2D eigenvalue weighted by molar-refractivity contribution is 7.22. The molecule has 2 aliphatic rings. The molecule has 0 unspecified atom stereocenters. The van der Waals surface area contributed by atoms with Crippen molar-refractivity contribution in [3.8, 4) is 21.1 Å². The van der Waals surface area contributed by atoms with Crippen LogP contribution < -0.4 is 21.1 Å². The molecule has 10 rings (SSSR count). The zero-order chi connectivity index (χ0) is 38.9. The number of benzene rings is 4. The van der Waals surface area contributed by atoms with Crippen molar-refractivity contribution >= 4 is 76.4 Å². The van der Waals surface area contributed by atoms with Crippen LogP contribution in [0.25, 0.3) is 63.5 Å². The number of para-hydroxylation sites is 2. The van der Waals surface area contributed by atoms with E-state index in [4.69, 9.17) is 13.8 Å². The van der Waals surface area contributed by atoms with Crippen molar-refractivity contribution in [1.82, 2.24) is 9.97 Å². The van der Waals surface area contributed by atoms with Gasteiger partial charge < -0.3 is 18.6 Å². The summed E-state index contributed by atoms with van der Waals surface area (Å²) in [5, 5.41) is 3.34. The number of rotatable bonds is 5. The molecule has 56 heavy (non-hydrogen) atoms. The summed E-state index contributed by atoms with van der Waals surface area (Å²) in [6.45, 7) is 17.4. The molecule has 6 heterocycles. The standard InChI is InChI=1S/C26H26N2O2S.C20H18N2O2S/c1-25(2)9-11-28-12-10-26(3,4)20-21(28)17(25)14-15-13-16(24(29)30-22(15)20)23-27-18-7-5-6-8-19(18)31-23;1-3-22(4-2)14-10-9-13-11-15(20(23)24-17(13)12-14)19-21-16-7-5-6-8-18(16)25-19/h5-8,13-14H,9-12H2,1-4H3;5-12H,3-4H2,1-2H3. The number of aromatic nitrogens is 2. The first kappa shape index (κ1) is 36.3. The molecule has 0 N–H and O–H groups in total. The Hall–Kier alpha value is -5.32. The lowest BCUT2D eigenvalue weighted by atomic mass is 9.69. The molecule has 0 atom stereocenters. The molecule has 0 fully saturated rings. The SMILES string of the molecule is CC1(C)CCN2CCC(C)(C)c3c2c1cc1cc(-c2nc4ccccc4s2)c(=O)oc31.CCN(CC)c1ccc2cc(-c3nc4ccccc4s3)c(=O)oc2c1. The fourth-order valence-corrected chi connectivity index (χ4v) is 10.2. The minimum atomic E-state index is -0.344. The molecule has 0 aliphatic carbocycles. The van der Waals surface area contributed by atoms with E-state index in [2.05, 4.69) is 68.5 Å². The van der Waals surface area contributed by atoms with Crippen LogP contribution in [-0.4, -0.2) is 36.1 Å². The summed E-state index contributed by atoms with van der Waals surface area (Å²) < 4.78 is 13.9. The lowest BCUT2D eigenvalue weighted by Crippen LogP contribution is -2.44. The Morgan fingerprint density at radius 2 is 1.27 bits per heavy atom. The molecular weight excluding hydrogens is 737 g/mol. The Bertz CT molecular complexity index is 2860. The van der Waals surface area contributed by atoms with Gasteiger partial charge in [0.05, 0.1) is 31.6 Å². The average molecular weight is 781 g/mol. The van der Waals surface area contributed by atoms with Gasteiger partial charge in [0.2, 0.25) is 0 Å². The van der Waals surface area contributed by atoms with Gasteiger partial charge in [0.15, 0.2) is 0 Å². The number of hydrogen-bond acceptors (Lipinski definition) is 10. The summed E-state index contributed by atoms with van der Waals surface area (Å²) in [6, 6.07) is 28.0. The van der Waals surface area contributed by atoms with Crippen LogP contribution in [0.2, 0.25) is 0 Å². The van der Waals surface area contributed by atoms with Gasteiger partial charge in [-0.3, -0.25) is 0 Å². The molecule has 0 saturated heterocycles. The van der Waals surface area contributed by atoms with Crippen LogP contribution in [-0.2, 0) is 10.8 Å². The zero-order valence-electron chi connectivity index (χ0n) is 32.6. The summed E-state index contributed by atoms with van der Waals surface area (Å²) in [5.74, 6) is 0. The fourth-order valence-electron chi connectivity index (χ4n) is 8.31. The van der Waals surface area contributed by atoms with E-state index in [9.17, 15) is 9.59 Å². The molecule has 8 nitrogen and oxygen atoms in total. The van der Waals surface area contributed by atoms with Crippen LogP contribution in [0.15, 0.2) is 103 Å². The Morgan fingerprint density at radius 3 is 1.88 bits per heavy atom. The predicted molar refractivity (Wildman–Crippen MR) is 233 cm³/mol. The summed E-state index contributed by atoms with van der Waals surface area (Å²) in [5.41, 5.74) is 8.60. The third-order valence-electron chi connectivity index (χ3n) is 11.6. The van der Waals surface area contributed by atoms with Gasteiger partial charge in [0, 0.05) is 60.0 Å². The van der Waals surface area contributed by atoms with E-state index < -0.39 is 0 Å². The van der Waals surface area contributed by atoms with Gasteiger partial charge in [-0.05, 0) is 97.7 Å². The number of anilines is 2. The van der Waals surface area contributed by atoms with Crippen LogP contribution in [0.3, 0.4) is 0 Å². The lowest BCUT2D eigenvalue weighted by molar-refractivity contribution is 0.398. The highest BCUT2D eigenvalue weighted by Crippen LogP contribution is 2.52. The predicted octanol–water partition coefficient (Wildman–Crippen LogP) is 11.2. The minimum absolute atomic E-state index is 0.0408. The van der Waals surface area contributed by atoms with E-state index in [1.807, 2.05) is 72.8 Å². The van der Waals surface area contributed by atoms with Crippen LogP contribution in [0.1, 0.15) is 65.5 Å². The van der Waals surface area contributed by atoms with Crippen LogP contribution in [0.5, 0.6) is 0 Å². The third kappa shape index (κ3) is 6.19. The quantitative estimate of drug-likeness (QED) is 0.159. The molecule has 284 valence electrons. The molecule has 8 aromatic rings. The molecular formula is C46H44N4O4S2. The minimum Gasteiger partial charge on any atom is -0.422 e. The maximum absolute atomic E-state index is 13.2. The Morgan fingerprint density at radius 1 is 0.696 bits per heavy atom. The monoisotopic (exact) mass is 780 g/mol. The van der Waals surface area contributed by atoms with Gasteiger partial charge >= 0.3 is 11.3 Å². The van der Waals surface area contributed by atoms with Gasteiger partial charge in [-0.2, -0.15) is 0 Å². The molecule has 0 radical (unpaired) electrons. The summed E-state index contributed by atoms with van der Waals surface area (Å²) in [7, 11) is 0. The normalized spacial score (nSPS) is 15.6. The maximum Gasteiger partial charge on any atom is 0.346 e. The van der Waals surface area contributed by atoms with Crippen molar-refractivity contribution in [3.05, 3.63) is 117 Å². The second-order valence-electron chi connectivity index (χ2n) is 16.1. The second-order valence-corrected chi connectivity index (χ2v) is 18.1. The zero-order valence-corrected chi connectivity index (χ0v) is 34.2. The third-order valence-corrected chi connectivity index (χ3v) is 13.8. The van der Waals surface area contributed by atoms with Crippen LogP contribution >= 0.6 is 22.7 Å². The Kier molecular flexibility index (Phi) is 8.89. The van der Waals surface area contributed by atoms with Crippen molar-refractivity contribution in [1.29, 1.82) is 0 Å². The first-order valence-corrected chi connectivity index (χ1v) is 21.0. The summed E-state index contributed by atoms with van der Waals surface area (Å²) in [4.78, 5) is 39.7. The molecule has 4 aromatic heterocycles. The molecule has 0 spiro atoms. The first-order valence-electron chi connectivity index (χ1n) is 19.4. The first-order chi connectivity index (χ1) is 26.9. The smallest absolute Gasteiger partial charge is 0.346 e. The highest BCUT2D eigenvalue weighted by atomic mass is 32.1. The summed E-state index contributed by atoms with van der Waals surface area (Å²) >= 11 is 3.05. The Labute approximate surface area is 333 Å². The molecule has 0 amide bonds. The van der Waals surface area contributed by atoms with E-state index in [0.717, 1.165) is 86.5 Å². The highest BCUT2D eigenvalue weighted by Gasteiger charge is 2.42. The summed E-state index contributed by atoms with van der Waals surface area (Å²) in [6.07, 6.45) is 2.19. The Balaban J connectivity index is 0.000000150. The van der Waals surface area contributed by atoms with Crippen molar-refractivity contribution in [3.63, 3.8) is 0 Å². The molecule has 0 bridgehead atoms. The lowest BCUT2D eigenvalue weighted by Gasteiger charge is -2.48. The van der Waals surface area contributed by atoms with Crippen LogP contribution in [0.4, 0.5) is 11.4 Å². The van der Waals surface area contributed by atoms with E-state index in [1.165, 1.54) is 28.2 Å². The number of thiazole rings is 2. The molecule has 2 aliphatic heterocycles. The molecule has 4 aromatic carbocycles. The van der Waals surface area contributed by atoms with Gasteiger partial charge in [-0.15, -0.1) is 22.7 Å². The van der Waals surface area contributed by atoms with Gasteiger partial charge in [-0.25, -0.2) is 19.6 Å². The van der Waals surface area contributed by atoms with E-state index in [1.54, 1.807) is 11.3 Å². The van der Waals surface area contributed by atoms with E-state index >= 15 is 0 Å². The van der Waals surface area contributed by atoms with Gasteiger partial charge in [-0.1, -0.05) is 52.0 Å². The number of hydrogen-bond donors (Lipinski definition) is 0. The fraction of sp³-hybridized carbons (Fsp3) is 0.304. The maximum atomic E-state index is 13.2. The van der Waals surface area contributed by atoms with Crippen molar-refractivity contribution in [2.45, 2.75) is 65.2 Å². The van der Waals surface area contributed by atoms with Crippen molar-refractivity contribution < 1.29 is 8.83 Å². The van der Waals surface area contributed by atoms with Crippen molar-refractivity contribution in [2.75, 3.05) is 36.0 Å². The van der Waals surface area contributed by atoms with Gasteiger partial charge in [0.25, 0.3) is 0 Å². The molecule has 0 saturated carbocycles. The topological polar surface area (TPSA) is 92.7 Å². The largest absolute Gasteiger partial charge is 0.422 e. The number of nitrogens with zero attached hydrogens (tertiary/aromatic N) is 4. The van der Waals surface area contributed by atoms with Crippen LogP contribution in [0, 0.1) is 0 Å². The van der Waals surface area contributed by atoms with Crippen molar-refractivity contribution in [2.24, 2.45) is 0 Å².